The van der Waals surface area contributed by atoms with E-state index in [1.165, 1.54) is 24.1 Å². The van der Waals surface area contributed by atoms with Crippen molar-refractivity contribution in [2.75, 3.05) is 0 Å². The van der Waals surface area contributed by atoms with Crippen LogP contribution in [0.3, 0.4) is 0 Å². The van der Waals surface area contributed by atoms with E-state index in [9.17, 15) is 0 Å². The van der Waals surface area contributed by atoms with E-state index in [0.717, 1.165) is 11.8 Å². The summed E-state index contributed by atoms with van der Waals surface area (Å²) in [7, 11) is 0. The summed E-state index contributed by atoms with van der Waals surface area (Å²) in [5, 5.41) is 2.20. The van der Waals surface area contributed by atoms with E-state index in [1.54, 1.807) is 0 Å². The number of hydrogen-bond donors (Lipinski definition) is 0. The van der Waals surface area contributed by atoms with Crippen molar-refractivity contribution in [3.8, 4) is 0 Å². The fourth-order valence-corrected chi connectivity index (χ4v) is 5.43. The van der Waals surface area contributed by atoms with Crippen LogP contribution in [0.1, 0.15) is 44.9 Å². The van der Waals surface area contributed by atoms with E-state index in [-0.39, 0.29) is 0 Å². The molecule has 0 bridgehead atoms. The van der Waals surface area contributed by atoms with Crippen molar-refractivity contribution in [3.05, 3.63) is 22.4 Å². The molecule has 0 nitrogen and oxygen atoms in total. The molecule has 2 heteroatoms. The van der Waals surface area contributed by atoms with Gasteiger partial charge in [-0.05, 0) is 36.1 Å². The molecule has 1 fully saturated rings. The highest BCUT2D eigenvalue weighted by Crippen LogP contribution is 2.46. The predicted molar refractivity (Wildman–Crippen MR) is 76.6 cm³/mol. The van der Waals surface area contributed by atoms with Gasteiger partial charge in [0, 0.05) is 15.1 Å². The Bertz CT molecular complexity index is 329. The SMILES string of the molecule is CC1CCC(C(C)(C)c2cccs2)C(Br)C1. The Kier molecular flexibility index (Phi) is 3.80. The van der Waals surface area contributed by atoms with Crippen molar-refractivity contribution in [1.29, 1.82) is 0 Å². The summed E-state index contributed by atoms with van der Waals surface area (Å²) in [4.78, 5) is 2.23. The molecule has 0 amide bonds. The molecule has 1 saturated carbocycles. The lowest BCUT2D eigenvalue weighted by Gasteiger charge is -2.41. The summed E-state index contributed by atoms with van der Waals surface area (Å²) >= 11 is 5.83. The van der Waals surface area contributed by atoms with E-state index >= 15 is 0 Å². The van der Waals surface area contributed by atoms with Crippen LogP contribution in [0.2, 0.25) is 0 Å². The molecule has 0 aliphatic heterocycles. The zero-order valence-corrected chi connectivity index (χ0v) is 12.8. The van der Waals surface area contributed by atoms with Crippen LogP contribution in [0.25, 0.3) is 0 Å². The third-order valence-electron chi connectivity index (χ3n) is 4.12. The minimum absolute atomic E-state index is 0.322. The monoisotopic (exact) mass is 300 g/mol. The third kappa shape index (κ3) is 2.38. The number of halogens is 1. The minimum atomic E-state index is 0.322. The van der Waals surface area contributed by atoms with Crippen molar-refractivity contribution in [2.24, 2.45) is 11.8 Å². The Labute approximate surface area is 112 Å². The average Bonchev–Trinajstić information content (AvgIpc) is 2.69. The van der Waals surface area contributed by atoms with E-state index in [1.807, 2.05) is 11.3 Å². The standard InChI is InChI=1S/C14H21BrS/c1-10-6-7-11(12(15)9-10)14(2,3)13-5-4-8-16-13/h4-5,8,10-12H,6-7,9H2,1-3H3. The second kappa shape index (κ2) is 4.81. The van der Waals surface area contributed by atoms with Gasteiger partial charge < -0.3 is 0 Å². The molecule has 1 aromatic rings. The third-order valence-corrected chi connectivity index (χ3v) is 6.34. The largest absolute Gasteiger partial charge is 0.148 e. The van der Waals surface area contributed by atoms with Gasteiger partial charge in [0.25, 0.3) is 0 Å². The van der Waals surface area contributed by atoms with Gasteiger partial charge in [0.1, 0.15) is 0 Å². The highest BCUT2D eigenvalue weighted by atomic mass is 79.9. The Morgan fingerprint density at radius 2 is 2.12 bits per heavy atom. The second-order valence-electron chi connectivity index (χ2n) is 5.74. The summed E-state index contributed by atoms with van der Waals surface area (Å²) in [6.07, 6.45) is 4.09. The Hall–Kier alpha value is 0.180. The maximum atomic E-state index is 3.92. The van der Waals surface area contributed by atoms with Crippen LogP contribution in [-0.2, 0) is 5.41 Å². The van der Waals surface area contributed by atoms with Crippen molar-refractivity contribution < 1.29 is 0 Å². The molecule has 16 heavy (non-hydrogen) atoms. The van der Waals surface area contributed by atoms with Gasteiger partial charge in [-0.25, -0.2) is 0 Å². The van der Waals surface area contributed by atoms with Gasteiger partial charge in [0.15, 0.2) is 0 Å². The molecule has 3 unspecified atom stereocenters. The number of rotatable bonds is 2. The first kappa shape index (κ1) is 12.6. The normalized spacial score (nSPS) is 31.6. The van der Waals surface area contributed by atoms with Gasteiger partial charge in [0.2, 0.25) is 0 Å². The molecule has 1 aromatic heterocycles. The lowest BCUT2D eigenvalue weighted by Crippen LogP contribution is -2.38. The molecule has 90 valence electrons. The topological polar surface area (TPSA) is 0 Å². The molecule has 2 rings (SSSR count). The van der Waals surface area contributed by atoms with Crippen LogP contribution >= 0.6 is 27.3 Å². The lowest BCUT2D eigenvalue weighted by molar-refractivity contribution is 0.217. The van der Waals surface area contributed by atoms with Crippen molar-refractivity contribution in [2.45, 2.75) is 50.3 Å². The van der Waals surface area contributed by atoms with Crippen LogP contribution in [0.5, 0.6) is 0 Å². The van der Waals surface area contributed by atoms with Gasteiger partial charge in [0.05, 0.1) is 0 Å². The Balaban J connectivity index is 2.17. The molecule has 0 N–H and O–H groups in total. The molecule has 1 aliphatic rings. The fraction of sp³-hybridized carbons (Fsp3) is 0.714. The van der Waals surface area contributed by atoms with Crippen molar-refractivity contribution in [3.63, 3.8) is 0 Å². The van der Waals surface area contributed by atoms with E-state index in [2.05, 4.69) is 54.2 Å². The van der Waals surface area contributed by atoms with Gasteiger partial charge in [-0.2, -0.15) is 0 Å². The Morgan fingerprint density at radius 3 is 2.69 bits per heavy atom. The highest BCUT2D eigenvalue weighted by Gasteiger charge is 2.39. The smallest absolute Gasteiger partial charge is 0.0185 e. The molecule has 3 atom stereocenters. The maximum Gasteiger partial charge on any atom is 0.0185 e. The van der Waals surface area contributed by atoms with Crippen LogP contribution in [-0.4, -0.2) is 4.83 Å². The van der Waals surface area contributed by atoms with Gasteiger partial charge in [-0.1, -0.05) is 49.2 Å². The highest BCUT2D eigenvalue weighted by molar-refractivity contribution is 9.09. The predicted octanol–water partition coefficient (Wildman–Crippen LogP) is 5.23. The summed E-state index contributed by atoms with van der Waals surface area (Å²) in [5.41, 5.74) is 0.322. The number of hydrogen-bond acceptors (Lipinski definition) is 1. The molecule has 1 heterocycles. The first-order chi connectivity index (χ1) is 7.51. The Morgan fingerprint density at radius 1 is 1.38 bits per heavy atom. The first-order valence-electron chi connectivity index (χ1n) is 6.20. The van der Waals surface area contributed by atoms with Crippen LogP contribution < -0.4 is 0 Å². The number of thiophene rings is 1. The molecule has 1 aliphatic carbocycles. The molecule has 0 radical (unpaired) electrons. The minimum Gasteiger partial charge on any atom is -0.148 e. The summed E-state index contributed by atoms with van der Waals surface area (Å²) < 4.78 is 0. The second-order valence-corrected chi connectivity index (χ2v) is 7.86. The van der Waals surface area contributed by atoms with Crippen molar-refractivity contribution >= 4 is 27.3 Å². The molecule has 0 aromatic carbocycles. The zero-order valence-electron chi connectivity index (χ0n) is 10.4. The van der Waals surface area contributed by atoms with E-state index in [0.29, 0.717) is 10.2 Å². The van der Waals surface area contributed by atoms with E-state index < -0.39 is 0 Å². The van der Waals surface area contributed by atoms with Gasteiger partial charge in [-0.3, -0.25) is 0 Å². The summed E-state index contributed by atoms with van der Waals surface area (Å²) in [6, 6.07) is 4.47. The maximum absolute atomic E-state index is 3.92. The molecule has 0 spiro atoms. The van der Waals surface area contributed by atoms with Crippen molar-refractivity contribution in [1.82, 2.24) is 0 Å². The van der Waals surface area contributed by atoms with Crippen LogP contribution in [0.15, 0.2) is 17.5 Å². The van der Waals surface area contributed by atoms with Crippen LogP contribution in [0.4, 0.5) is 0 Å². The quantitative estimate of drug-likeness (QED) is 0.656. The molecular formula is C14H21BrS. The summed E-state index contributed by atoms with van der Waals surface area (Å²) in [5.74, 6) is 1.67. The molecule has 0 saturated heterocycles. The van der Waals surface area contributed by atoms with Gasteiger partial charge >= 0.3 is 0 Å². The lowest BCUT2D eigenvalue weighted by atomic mass is 9.68. The molecular weight excluding hydrogens is 280 g/mol. The number of alkyl halides is 1. The van der Waals surface area contributed by atoms with Crippen LogP contribution in [0, 0.1) is 11.8 Å². The average molecular weight is 301 g/mol. The zero-order chi connectivity index (χ0) is 11.8. The van der Waals surface area contributed by atoms with Gasteiger partial charge in [-0.15, -0.1) is 11.3 Å². The van der Waals surface area contributed by atoms with E-state index in [4.69, 9.17) is 0 Å². The first-order valence-corrected chi connectivity index (χ1v) is 7.99. The summed E-state index contributed by atoms with van der Waals surface area (Å²) in [6.45, 7) is 7.20. The fourth-order valence-electron chi connectivity index (χ4n) is 2.95.